The number of anilines is 2. The van der Waals surface area contributed by atoms with Gasteiger partial charge < -0.3 is 9.80 Å². The Balaban J connectivity index is 2.16. The Kier molecular flexibility index (Phi) is 5.20. The molecule has 0 saturated heterocycles. The highest BCUT2D eigenvalue weighted by Crippen LogP contribution is 2.62. The lowest BCUT2D eigenvalue weighted by molar-refractivity contribution is 0.103. The Labute approximate surface area is 164 Å². The lowest BCUT2D eigenvalue weighted by atomic mass is 10.0. The van der Waals surface area contributed by atoms with Crippen molar-refractivity contribution in [3.8, 4) is 0 Å². The van der Waals surface area contributed by atoms with E-state index in [0.717, 1.165) is 40.5 Å². The van der Waals surface area contributed by atoms with Crippen LogP contribution in [-0.2, 0) is 0 Å². The Morgan fingerprint density at radius 3 is 1.85 bits per heavy atom. The predicted molar refractivity (Wildman–Crippen MR) is 119 cm³/mol. The maximum absolute atomic E-state index is 13.2. The number of hydrogen-bond donors (Lipinski definition) is 0. The summed E-state index contributed by atoms with van der Waals surface area (Å²) in [4.78, 5) is 19.8. The van der Waals surface area contributed by atoms with Gasteiger partial charge in [0.25, 0.3) is 0 Å². The summed E-state index contributed by atoms with van der Waals surface area (Å²) in [6, 6.07) is 12.4. The molecule has 4 heteroatoms. The Morgan fingerprint density at radius 1 is 0.889 bits per heavy atom. The molecule has 0 bridgehead atoms. The van der Waals surface area contributed by atoms with Gasteiger partial charge in [-0.2, -0.15) is 10.0 Å². The van der Waals surface area contributed by atoms with Crippen LogP contribution in [0, 0.1) is 0 Å². The fraction of sp³-hybridized carbons (Fsp3) is 0.261. The first-order valence-electron chi connectivity index (χ1n) is 9.01. The third kappa shape index (κ3) is 3.30. The van der Waals surface area contributed by atoms with E-state index in [-0.39, 0.29) is 5.78 Å². The molecule has 2 aromatic rings. The first-order chi connectivity index (χ1) is 12.8. The number of rotatable bonds is 6. The van der Waals surface area contributed by atoms with Gasteiger partial charge in [0, 0.05) is 59.5 Å². The van der Waals surface area contributed by atoms with Crippen LogP contribution < -0.4 is 9.80 Å². The topological polar surface area (TPSA) is 23.6 Å². The van der Waals surface area contributed by atoms with E-state index in [9.17, 15) is 4.79 Å². The molecule has 0 radical (unpaired) electrons. The second-order valence-electron chi connectivity index (χ2n) is 7.39. The Bertz CT molecular complexity index is 905. The van der Waals surface area contributed by atoms with Crippen molar-refractivity contribution < 1.29 is 4.79 Å². The second-order valence-corrected chi connectivity index (χ2v) is 10.9. The quantitative estimate of drug-likeness (QED) is 0.662. The predicted octanol–water partition coefficient (Wildman–Crippen LogP) is 4.96. The minimum atomic E-state index is -1.30. The van der Waals surface area contributed by atoms with E-state index in [2.05, 4.69) is 47.6 Å². The zero-order valence-corrected chi connectivity index (χ0v) is 17.5. The second kappa shape index (κ2) is 7.28. The highest BCUT2D eigenvalue weighted by molar-refractivity contribution is 8.32. The SMILES string of the molecule is C=CCN(CC=C)c1ccc2c(c1)S(C)(C)c1cc(N(C)C)ccc1C2=O. The lowest BCUT2D eigenvalue weighted by Gasteiger charge is -2.40. The molecule has 1 heterocycles. The molecule has 1 aliphatic heterocycles. The van der Waals surface area contributed by atoms with Crippen molar-refractivity contribution in [2.75, 3.05) is 49.5 Å². The molecule has 0 amide bonds. The number of benzene rings is 2. The van der Waals surface area contributed by atoms with Crippen LogP contribution in [0.4, 0.5) is 11.4 Å². The molecule has 3 nitrogen and oxygen atoms in total. The fourth-order valence-electron chi connectivity index (χ4n) is 3.58. The van der Waals surface area contributed by atoms with Gasteiger partial charge in [0.05, 0.1) is 0 Å². The van der Waals surface area contributed by atoms with E-state index >= 15 is 0 Å². The molecule has 0 aliphatic carbocycles. The Morgan fingerprint density at radius 2 is 1.37 bits per heavy atom. The molecule has 0 saturated carbocycles. The van der Waals surface area contributed by atoms with Gasteiger partial charge in [-0.25, -0.2) is 0 Å². The van der Waals surface area contributed by atoms with E-state index in [1.807, 2.05) is 50.5 Å². The van der Waals surface area contributed by atoms with Crippen molar-refractivity contribution in [2.45, 2.75) is 9.79 Å². The molecule has 0 fully saturated rings. The van der Waals surface area contributed by atoms with Crippen LogP contribution in [0.2, 0.25) is 0 Å². The summed E-state index contributed by atoms with van der Waals surface area (Å²) in [5, 5.41) is 0. The number of carbonyl (C=O) groups is 1. The summed E-state index contributed by atoms with van der Waals surface area (Å²) in [5.41, 5.74) is 3.91. The number of carbonyl (C=O) groups excluding carboxylic acids is 1. The van der Waals surface area contributed by atoms with Gasteiger partial charge in [0.2, 0.25) is 0 Å². The smallest absolute Gasteiger partial charge is 0.195 e. The summed E-state index contributed by atoms with van der Waals surface area (Å²) in [7, 11) is 2.76. The zero-order chi connectivity index (χ0) is 19.8. The van der Waals surface area contributed by atoms with Crippen molar-refractivity contribution in [2.24, 2.45) is 0 Å². The van der Waals surface area contributed by atoms with Crippen molar-refractivity contribution in [1.82, 2.24) is 0 Å². The summed E-state index contributed by atoms with van der Waals surface area (Å²) in [6.07, 6.45) is 8.35. The van der Waals surface area contributed by atoms with Crippen molar-refractivity contribution in [1.29, 1.82) is 0 Å². The molecule has 27 heavy (non-hydrogen) atoms. The number of nitrogens with zero attached hydrogens (tertiary/aromatic N) is 2. The number of fused-ring (bicyclic) bond motifs is 2. The number of ketones is 1. The molecule has 0 spiro atoms. The van der Waals surface area contributed by atoms with Gasteiger partial charge in [-0.3, -0.25) is 4.79 Å². The van der Waals surface area contributed by atoms with E-state index in [1.54, 1.807) is 0 Å². The van der Waals surface area contributed by atoms with Gasteiger partial charge >= 0.3 is 0 Å². The summed E-state index contributed by atoms with van der Waals surface area (Å²) in [5.74, 6) is 0.127. The third-order valence-corrected chi connectivity index (χ3v) is 7.97. The van der Waals surface area contributed by atoms with E-state index in [1.165, 1.54) is 4.90 Å². The Hall–Kier alpha value is -2.46. The highest BCUT2D eigenvalue weighted by atomic mass is 32.3. The molecule has 0 unspecified atom stereocenters. The van der Waals surface area contributed by atoms with Crippen LogP contribution in [0.1, 0.15) is 15.9 Å². The largest absolute Gasteiger partial charge is 0.378 e. The minimum absolute atomic E-state index is 0.127. The summed E-state index contributed by atoms with van der Waals surface area (Å²) in [6.45, 7) is 9.22. The molecule has 0 atom stereocenters. The summed E-state index contributed by atoms with van der Waals surface area (Å²) < 4.78 is 0. The minimum Gasteiger partial charge on any atom is -0.378 e. The van der Waals surface area contributed by atoms with Crippen LogP contribution in [0.15, 0.2) is 71.5 Å². The molecule has 0 aromatic heterocycles. The maximum Gasteiger partial charge on any atom is 0.195 e. The van der Waals surface area contributed by atoms with Gasteiger partial charge in [0.15, 0.2) is 5.78 Å². The van der Waals surface area contributed by atoms with Crippen molar-refractivity contribution in [3.05, 3.63) is 72.8 Å². The standard InChI is InChI=1S/C23H28N2OS/c1-7-13-25(14-8-2)18-10-12-20-22(16-18)27(5,6)21-15-17(24(3)4)9-11-19(21)23(20)26/h7-12,15-16H,1-2,13-14H2,3-6H3. The van der Waals surface area contributed by atoms with Gasteiger partial charge in [-0.05, 0) is 48.9 Å². The monoisotopic (exact) mass is 380 g/mol. The fourth-order valence-corrected chi connectivity index (χ4v) is 6.07. The van der Waals surface area contributed by atoms with Gasteiger partial charge in [0.1, 0.15) is 0 Å². The van der Waals surface area contributed by atoms with Crippen molar-refractivity contribution in [3.63, 3.8) is 0 Å². The average Bonchev–Trinajstić information content (AvgIpc) is 2.65. The third-order valence-electron chi connectivity index (χ3n) is 5.10. The molecule has 0 N–H and O–H groups in total. The van der Waals surface area contributed by atoms with Gasteiger partial charge in [-0.15, -0.1) is 13.2 Å². The average molecular weight is 381 g/mol. The lowest BCUT2D eigenvalue weighted by Crippen LogP contribution is -2.24. The highest BCUT2D eigenvalue weighted by Gasteiger charge is 2.34. The van der Waals surface area contributed by atoms with Crippen LogP contribution in [-0.4, -0.2) is 45.5 Å². The first-order valence-corrected chi connectivity index (χ1v) is 11.5. The summed E-state index contributed by atoms with van der Waals surface area (Å²) >= 11 is 0. The van der Waals surface area contributed by atoms with Crippen LogP contribution in [0.3, 0.4) is 0 Å². The number of hydrogen-bond acceptors (Lipinski definition) is 3. The molecular formula is C23H28N2OS. The van der Waals surface area contributed by atoms with E-state index < -0.39 is 10.0 Å². The van der Waals surface area contributed by atoms with Crippen LogP contribution >= 0.6 is 10.0 Å². The normalized spacial score (nSPS) is 15.3. The molecule has 142 valence electrons. The molecular weight excluding hydrogens is 352 g/mol. The molecule has 3 rings (SSSR count). The van der Waals surface area contributed by atoms with Gasteiger partial charge in [-0.1, -0.05) is 12.2 Å². The molecule has 2 aromatic carbocycles. The van der Waals surface area contributed by atoms with Crippen LogP contribution in [0.25, 0.3) is 0 Å². The van der Waals surface area contributed by atoms with Crippen molar-refractivity contribution >= 4 is 27.2 Å². The maximum atomic E-state index is 13.2. The zero-order valence-electron chi connectivity index (χ0n) is 16.7. The van der Waals surface area contributed by atoms with E-state index in [4.69, 9.17) is 0 Å². The van der Waals surface area contributed by atoms with E-state index in [0.29, 0.717) is 0 Å². The molecule has 1 aliphatic rings. The first kappa shape index (κ1) is 19.3. The van der Waals surface area contributed by atoms with Crippen LogP contribution in [0.5, 0.6) is 0 Å².